The molecule has 1 unspecified atom stereocenters. The smallest absolute Gasteiger partial charge is 0.332 e. The van der Waals surface area contributed by atoms with Gasteiger partial charge in [0.1, 0.15) is 5.75 Å². The second-order valence-corrected chi connectivity index (χ2v) is 3.74. The third kappa shape index (κ3) is 3.35. The summed E-state index contributed by atoms with van der Waals surface area (Å²) in [6.45, 7) is 1.34. The summed E-state index contributed by atoms with van der Waals surface area (Å²) < 4.78 is 4.98. The SMILES string of the molecule is COc1ccc(/C=C(\C(=O)O)C(C)C(=O)O)cc1. The first-order valence-corrected chi connectivity index (χ1v) is 5.27. The average molecular weight is 250 g/mol. The number of methoxy groups -OCH3 is 1. The Morgan fingerprint density at radius 2 is 1.78 bits per heavy atom. The summed E-state index contributed by atoms with van der Waals surface area (Å²) in [4.78, 5) is 21.8. The van der Waals surface area contributed by atoms with Crippen LogP contribution in [0.2, 0.25) is 0 Å². The van der Waals surface area contributed by atoms with Crippen molar-refractivity contribution in [3.05, 3.63) is 35.4 Å². The molecule has 1 aromatic rings. The molecule has 0 heterocycles. The van der Waals surface area contributed by atoms with Gasteiger partial charge < -0.3 is 14.9 Å². The fraction of sp³-hybridized carbons (Fsp3) is 0.231. The molecule has 1 aromatic carbocycles. The summed E-state index contributed by atoms with van der Waals surface area (Å²) >= 11 is 0. The first kappa shape index (κ1) is 13.8. The first-order valence-electron chi connectivity index (χ1n) is 5.27. The molecule has 2 N–H and O–H groups in total. The highest BCUT2D eigenvalue weighted by atomic mass is 16.5. The third-order valence-electron chi connectivity index (χ3n) is 2.52. The number of carboxylic acid groups (broad SMARTS) is 2. The largest absolute Gasteiger partial charge is 0.497 e. The van der Waals surface area contributed by atoms with Crippen LogP contribution in [0.4, 0.5) is 0 Å². The lowest BCUT2D eigenvalue weighted by molar-refractivity contribution is -0.143. The molecular formula is C13H14O5. The van der Waals surface area contributed by atoms with Crippen LogP contribution in [-0.4, -0.2) is 29.3 Å². The molecule has 0 saturated carbocycles. The van der Waals surface area contributed by atoms with Crippen molar-refractivity contribution in [1.29, 1.82) is 0 Å². The lowest BCUT2D eigenvalue weighted by Crippen LogP contribution is -2.18. The number of aliphatic carboxylic acids is 2. The Hall–Kier alpha value is -2.30. The molecule has 18 heavy (non-hydrogen) atoms. The number of rotatable bonds is 5. The summed E-state index contributed by atoms with van der Waals surface area (Å²) in [7, 11) is 1.53. The summed E-state index contributed by atoms with van der Waals surface area (Å²) in [5, 5.41) is 17.8. The van der Waals surface area contributed by atoms with Gasteiger partial charge in [-0.25, -0.2) is 4.79 Å². The molecule has 1 rings (SSSR count). The van der Waals surface area contributed by atoms with E-state index in [4.69, 9.17) is 14.9 Å². The first-order chi connectivity index (χ1) is 8.45. The van der Waals surface area contributed by atoms with E-state index in [0.717, 1.165) is 0 Å². The van der Waals surface area contributed by atoms with Gasteiger partial charge in [-0.3, -0.25) is 4.79 Å². The van der Waals surface area contributed by atoms with Crippen molar-refractivity contribution in [3.8, 4) is 5.75 Å². The fourth-order valence-corrected chi connectivity index (χ4v) is 1.38. The molecule has 0 radical (unpaired) electrons. The van der Waals surface area contributed by atoms with Gasteiger partial charge in [0.25, 0.3) is 0 Å². The van der Waals surface area contributed by atoms with Crippen LogP contribution in [0, 0.1) is 5.92 Å². The fourth-order valence-electron chi connectivity index (χ4n) is 1.38. The highest BCUT2D eigenvalue weighted by Crippen LogP contribution is 2.18. The normalized spacial score (nSPS) is 12.9. The van der Waals surface area contributed by atoms with Crippen LogP contribution in [0.25, 0.3) is 6.08 Å². The zero-order valence-corrected chi connectivity index (χ0v) is 10.1. The van der Waals surface area contributed by atoms with Gasteiger partial charge in [-0.2, -0.15) is 0 Å². The van der Waals surface area contributed by atoms with Crippen LogP contribution in [0.5, 0.6) is 5.75 Å². The minimum atomic E-state index is -1.24. The Labute approximate surface area is 104 Å². The van der Waals surface area contributed by atoms with Gasteiger partial charge in [-0.05, 0) is 30.7 Å². The van der Waals surface area contributed by atoms with Crippen molar-refractivity contribution in [2.24, 2.45) is 5.92 Å². The Morgan fingerprint density at radius 3 is 2.17 bits per heavy atom. The van der Waals surface area contributed by atoms with Crippen LogP contribution in [0.15, 0.2) is 29.8 Å². The van der Waals surface area contributed by atoms with Crippen molar-refractivity contribution in [2.75, 3.05) is 7.11 Å². The predicted octanol–water partition coefficient (Wildman–Crippen LogP) is 1.88. The lowest BCUT2D eigenvalue weighted by atomic mass is 9.99. The van der Waals surface area contributed by atoms with Crippen LogP contribution in [-0.2, 0) is 9.59 Å². The molecule has 5 nitrogen and oxygen atoms in total. The second-order valence-electron chi connectivity index (χ2n) is 3.74. The van der Waals surface area contributed by atoms with E-state index in [-0.39, 0.29) is 5.57 Å². The van der Waals surface area contributed by atoms with Gasteiger partial charge in [0.2, 0.25) is 0 Å². The maximum atomic E-state index is 11.0. The molecule has 0 bridgehead atoms. The number of ether oxygens (including phenoxy) is 1. The average Bonchev–Trinajstić information content (AvgIpc) is 2.35. The van der Waals surface area contributed by atoms with Crippen LogP contribution in [0.1, 0.15) is 12.5 Å². The minimum absolute atomic E-state index is 0.160. The number of benzene rings is 1. The van der Waals surface area contributed by atoms with Gasteiger partial charge in [0.15, 0.2) is 0 Å². The van der Waals surface area contributed by atoms with Gasteiger partial charge in [0.05, 0.1) is 18.6 Å². The summed E-state index contributed by atoms with van der Waals surface area (Å²) in [5.74, 6) is -2.82. The van der Waals surface area contributed by atoms with Gasteiger partial charge in [0, 0.05) is 0 Å². The monoisotopic (exact) mass is 250 g/mol. The molecule has 0 aliphatic heterocycles. The van der Waals surface area contributed by atoms with Crippen LogP contribution < -0.4 is 4.74 Å². The standard InChI is InChI=1S/C13H14O5/c1-8(12(14)15)11(13(16)17)7-9-3-5-10(18-2)6-4-9/h3-8H,1-2H3,(H,14,15)(H,16,17)/b11-7-. The molecule has 0 fully saturated rings. The maximum absolute atomic E-state index is 11.0. The molecule has 0 aliphatic rings. The molecule has 5 heteroatoms. The van der Waals surface area contributed by atoms with Crippen molar-refractivity contribution in [2.45, 2.75) is 6.92 Å². The van der Waals surface area contributed by atoms with Crippen molar-refractivity contribution >= 4 is 18.0 Å². The number of hydrogen-bond donors (Lipinski definition) is 2. The Balaban J connectivity index is 3.08. The quantitative estimate of drug-likeness (QED) is 0.779. The van der Waals surface area contributed by atoms with Crippen molar-refractivity contribution < 1.29 is 24.5 Å². The number of carbonyl (C=O) groups is 2. The summed E-state index contributed by atoms with van der Waals surface area (Å²) in [6.07, 6.45) is 1.35. The van der Waals surface area contributed by atoms with Crippen molar-refractivity contribution in [3.63, 3.8) is 0 Å². The lowest BCUT2D eigenvalue weighted by Gasteiger charge is -2.07. The molecule has 1 atom stereocenters. The van der Waals surface area contributed by atoms with Crippen LogP contribution in [0.3, 0.4) is 0 Å². The van der Waals surface area contributed by atoms with E-state index >= 15 is 0 Å². The zero-order valence-electron chi connectivity index (χ0n) is 10.1. The van der Waals surface area contributed by atoms with E-state index in [0.29, 0.717) is 11.3 Å². The summed E-state index contributed by atoms with van der Waals surface area (Å²) in [5.41, 5.74) is 0.453. The second kappa shape index (κ2) is 5.86. The van der Waals surface area contributed by atoms with Gasteiger partial charge in [-0.15, -0.1) is 0 Å². The highest BCUT2D eigenvalue weighted by Gasteiger charge is 2.22. The minimum Gasteiger partial charge on any atom is -0.497 e. The summed E-state index contributed by atoms with van der Waals surface area (Å²) in [6, 6.07) is 6.68. The maximum Gasteiger partial charge on any atom is 0.332 e. The number of carboxylic acids is 2. The zero-order chi connectivity index (χ0) is 13.7. The molecule has 0 aliphatic carbocycles. The molecule has 0 aromatic heterocycles. The molecule has 0 spiro atoms. The van der Waals surface area contributed by atoms with E-state index in [2.05, 4.69) is 0 Å². The van der Waals surface area contributed by atoms with E-state index in [9.17, 15) is 9.59 Å². The van der Waals surface area contributed by atoms with E-state index in [1.54, 1.807) is 24.3 Å². The molecule has 96 valence electrons. The van der Waals surface area contributed by atoms with E-state index in [1.165, 1.54) is 20.1 Å². The Bertz CT molecular complexity index is 473. The Kier molecular flexibility index (Phi) is 4.48. The molecule has 0 saturated heterocycles. The molecular weight excluding hydrogens is 236 g/mol. The predicted molar refractivity (Wildman–Crippen MR) is 65.4 cm³/mol. The van der Waals surface area contributed by atoms with E-state index in [1.807, 2.05) is 0 Å². The van der Waals surface area contributed by atoms with E-state index < -0.39 is 17.9 Å². The Morgan fingerprint density at radius 1 is 1.22 bits per heavy atom. The van der Waals surface area contributed by atoms with Crippen LogP contribution >= 0.6 is 0 Å². The van der Waals surface area contributed by atoms with Crippen molar-refractivity contribution in [1.82, 2.24) is 0 Å². The third-order valence-corrected chi connectivity index (χ3v) is 2.52. The topological polar surface area (TPSA) is 83.8 Å². The molecule has 0 amide bonds. The number of hydrogen-bond acceptors (Lipinski definition) is 3. The highest BCUT2D eigenvalue weighted by molar-refractivity contribution is 5.98. The van der Waals surface area contributed by atoms with Gasteiger partial charge >= 0.3 is 11.9 Å². The van der Waals surface area contributed by atoms with Gasteiger partial charge in [-0.1, -0.05) is 12.1 Å².